The number of anilines is 1. The third-order valence-corrected chi connectivity index (χ3v) is 11.6. The maximum absolute atomic E-state index is 14.1. The predicted molar refractivity (Wildman–Crippen MR) is 178 cm³/mol. The Morgan fingerprint density at radius 2 is 1.65 bits per heavy atom. The molecule has 0 saturated heterocycles. The Morgan fingerprint density at radius 3 is 2.33 bits per heavy atom. The van der Waals surface area contributed by atoms with E-state index in [4.69, 9.17) is 9.72 Å². The molecule has 9 heteroatoms. The number of amides is 2. The van der Waals surface area contributed by atoms with E-state index in [-0.39, 0.29) is 34.7 Å². The molecule has 2 bridgehead atoms. The molecule has 9 nitrogen and oxygen atoms in total. The molecule has 2 amide bonds. The Balaban J connectivity index is 1.14. The fourth-order valence-corrected chi connectivity index (χ4v) is 8.50. The average molecular weight is 625 g/mol. The molecule has 0 aliphatic heterocycles. The van der Waals surface area contributed by atoms with E-state index < -0.39 is 6.09 Å². The number of ether oxygens (including phenoxy) is 1. The number of rotatable bonds is 9. The van der Waals surface area contributed by atoms with Crippen LogP contribution in [0.5, 0.6) is 0 Å². The zero-order valence-electron chi connectivity index (χ0n) is 27.5. The number of carbonyl (C=O) groups is 2. The molecule has 3 aromatic rings. The Labute approximate surface area is 272 Å². The van der Waals surface area contributed by atoms with Gasteiger partial charge in [0.2, 0.25) is 5.91 Å². The highest BCUT2D eigenvalue weighted by atomic mass is 16.5. The molecule has 1 unspecified atom stereocenters. The fraction of sp³-hybridized carbons (Fsp3) is 0.568. The number of carbonyl (C=O) groups excluding carboxylic acids is 2. The molecule has 0 spiro atoms. The molecule has 1 aromatic carbocycles. The molecule has 5 aliphatic carbocycles. The first-order chi connectivity index (χ1) is 22.3. The minimum atomic E-state index is -0.399. The van der Waals surface area contributed by atoms with Crippen LogP contribution in [0.4, 0.5) is 10.6 Å². The van der Waals surface area contributed by atoms with E-state index in [2.05, 4.69) is 88.1 Å². The Kier molecular flexibility index (Phi) is 8.28. The van der Waals surface area contributed by atoms with Crippen LogP contribution in [0.25, 0.3) is 11.1 Å². The summed E-state index contributed by atoms with van der Waals surface area (Å²) in [5.74, 6) is 1.10. The van der Waals surface area contributed by atoms with Crippen LogP contribution in [0.3, 0.4) is 0 Å². The van der Waals surface area contributed by atoms with Gasteiger partial charge in [-0.3, -0.25) is 9.48 Å². The third kappa shape index (κ3) is 6.00. The van der Waals surface area contributed by atoms with Gasteiger partial charge in [-0.2, -0.15) is 5.10 Å². The normalized spacial score (nSPS) is 27.9. The molecule has 5 aliphatic rings. The third-order valence-electron chi connectivity index (χ3n) is 11.6. The highest BCUT2D eigenvalue weighted by Crippen LogP contribution is 2.62. The van der Waals surface area contributed by atoms with Crippen LogP contribution in [0.1, 0.15) is 100 Å². The van der Waals surface area contributed by atoms with Crippen molar-refractivity contribution in [2.75, 3.05) is 26.1 Å². The molecule has 244 valence electrons. The molecular formula is C37H48N6O3. The summed E-state index contributed by atoms with van der Waals surface area (Å²) in [7, 11) is 5.49. The second-order valence-corrected chi connectivity index (χ2v) is 14.6. The highest BCUT2D eigenvalue weighted by Gasteiger charge is 2.54. The maximum Gasteiger partial charge on any atom is 0.407 e. The van der Waals surface area contributed by atoms with Crippen molar-refractivity contribution in [2.24, 2.45) is 11.3 Å². The van der Waals surface area contributed by atoms with Gasteiger partial charge in [-0.05, 0) is 112 Å². The summed E-state index contributed by atoms with van der Waals surface area (Å²) in [6, 6.07) is 15.8. The zero-order chi connectivity index (χ0) is 31.9. The number of hydrogen-bond donors (Lipinski definition) is 2. The molecule has 2 aromatic heterocycles. The van der Waals surface area contributed by atoms with Gasteiger partial charge in [0.05, 0.1) is 25.4 Å². The van der Waals surface area contributed by atoms with E-state index in [1.165, 1.54) is 31.2 Å². The van der Waals surface area contributed by atoms with Gasteiger partial charge in [0.1, 0.15) is 5.82 Å². The summed E-state index contributed by atoms with van der Waals surface area (Å²) in [5, 5.41) is 11.2. The molecule has 5 saturated carbocycles. The fourth-order valence-electron chi connectivity index (χ4n) is 8.50. The average Bonchev–Trinajstić information content (AvgIpc) is 3.83. The number of hydrogen-bond acceptors (Lipinski definition) is 6. The van der Waals surface area contributed by atoms with Gasteiger partial charge in [0.25, 0.3) is 0 Å². The summed E-state index contributed by atoms with van der Waals surface area (Å²) in [6.45, 7) is 0. The molecular weight excluding hydrogens is 576 g/mol. The molecule has 46 heavy (non-hydrogen) atoms. The minimum absolute atomic E-state index is 0.00295. The van der Waals surface area contributed by atoms with E-state index in [9.17, 15) is 9.59 Å². The largest absolute Gasteiger partial charge is 0.453 e. The van der Waals surface area contributed by atoms with Crippen LogP contribution in [0.2, 0.25) is 0 Å². The summed E-state index contributed by atoms with van der Waals surface area (Å²) in [4.78, 5) is 33.0. The SMILES string of the molecule is COC(=O)NC1CCC(C(=O)NC(c2cccc(-c3cnn(C4CC4)c3)c2)C23CCC(c4cccc(N(C)C)n4)(CC2)CC3)CC1. The smallest absolute Gasteiger partial charge is 0.407 e. The first-order valence-corrected chi connectivity index (χ1v) is 17.2. The lowest BCUT2D eigenvalue weighted by Crippen LogP contribution is -2.52. The van der Waals surface area contributed by atoms with Gasteiger partial charge >= 0.3 is 6.09 Å². The maximum atomic E-state index is 14.1. The molecule has 1 atom stereocenters. The molecule has 2 heterocycles. The van der Waals surface area contributed by atoms with Crippen molar-refractivity contribution in [1.82, 2.24) is 25.4 Å². The van der Waals surface area contributed by atoms with Crippen molar-refractivity contribution in [2.45, 2.75) is 101 Å². The van der Waals surface area contributed by atoms with Crippen LogP contribution in [0.15, 0.2) is 54.9 Å². The second-order valence-electron chi connectivity index (χ2n) is 14.6. The van der Waals surface area contributed by atoms with Crippen molar-refractivity contribution in [3.05, 3.63) is 66.1 Å². The van der Waals surface area contributed by atoms with Crippen molar-refractivity contribution in [1.29, 1.82) is 0 Å². The van der Waals surface area contributed by atoms with E-state index in [0.717, 1.165) is 81.2 Å². The van der Waals surface area contributed by atoms with Crippen molar-refractivity contribution in [3.63, 3.8) is 0 Å². The summed E-state index contributed by atoms with van der Waals surface area (Å²) >= 11 is 0. The summed E-state index contributed by atoms with van der Waals surface area (Å²) < 4.78 is 6.90. The number of alkyl carbamates (subject to hydrolysis) is 1. The van der Waals surface area contributed by atoms with Gasteiger partial charge in [-0.15, -0.1) is 0 Å². The van der Waals surface area contributed by atoms with Crippen molar-refractivity contribution >= 4 is 17.8 Å². The van der Waals surface area contributed by atoms with Gasteiger partial charge in [-0.25, -0.2) is 9.78 Å². The number of aromatic nitrogens is 3. The van der Waals surface area contributed by atoms with E-state index in [0.29, 0.717) is 6.04 Å². The van der Waals surface area contributed by atoms with Crippen molar-refractivity contribution < 1.29 is 14.3 Å². The lowest BCUT2D eigenvalue weighted by Gasteiger charge is -2.56. The first kappa shape index (κ1) is 30.8. The number of benzene rings is 1. The molecule has 8 rings (SSSR count). The monoisotopic (exact) mass is 624 g/mol. The number of nitrogens with one attached hydrogen (secondary N) is 2. The quantitative estimate of drug-likeness (QED) is 0.275. The van der Waals surface area contributed by atoms with Crippen LogP contribution < -0.4 is 15.5 Å². The molecule has 2 N–H and O–H groups in total. The summed E-state index contributed by atoms with van der Waals surface area (Å²) in [5.41, 5.74) is 4.79. The predicted octanol–water partition coefficient (Wildman–Crippen LogP) is 6.71. The Morgan fingerprint density at radius 1 is 0.935 bits per heavy atom. The lowest BCUT2D eigenvalue weighted by molar-refractivity contribution is -0.129. The van der Waals surface area contributed by atoms with Gasteiger partial charge < -0.3 is 20.3 Å². The van der Waals surface area contributed by atoms with Crippen LogP contribution in [-0.4, -0.2) is 54.0 Å². The molecule has 0 radical (unpaired) electrons. The van der Waals surface area contributed by atoms with Crippen molar-refractivity contribution in [3.8, 4) is 11.1 Å². The minimum Gasteiger partial charge on any atom is -0.453 e. The standard InChI is InChI=1S/C37H48N6O3/c1-42(2)32-9-5-8-31(40-32)36-16-19-37(20-17-36,21-18-36)33(41-34(44)25-10-12-29(13-11-25)39-35(45)46-3)27-7-4-6-26(22-27)28-23-38-43(24-28)30-14-15-30/h4-9,22-25,29-30,33H,10-21H2,1-3H3,(H,39,45)(H,41,44). The van der Waals surface area contributed by atoms with E-state index in [1.807, 2.05) is 6.20 Å². The highest BCUT2D eigenvalue weighted by molar-refractivity contribution is 5.79. The van der Waals surface area contributed by atoms with Gasteiger partial charge in [0.15, 0.2) is 0 Å². The van der Waals surface area contributed by atoms with E-state index >= 15 is 0 Å². The van der Waals surface area contributed by atoms with Crippen LogP contribution in [0, 0.1) is 11.3 Å². The lowest BCUT2D eigenvalue weighted by atomic mass is 9.50. The Hall–Kier alpha value is -3.88. The van der Waals surface area contributed by atoms with Gasteiger partial charge in [0, 0.05) is 48.9 Å². The molecule has 5 fully saturated rings. The number of methoxy groups -OCH3 is 1. The number of fused-ring (bicyclic) bond motifs is 3. The van der Waals surface area contributed by atoms with Gasteiger partial charge in [-0.1, -0.05) is 24.3 Å². The summed E-state index contributed by atoms with van der Waals surface area (Å²) in [6.07, 6.45) is 15.7. The van der Waals surface area contributed by atoms with E-state index in [1.54, 1.807) is 0 Å². The Bertz CT molecular complexity index is 1550. The van der Waals surface area contributed by atoms with Crippen LogP contribution in [-0.2, 0) is 14.9 Å². The van der Waals surface area contributed by atoms with Crippen LogP contribution >= 0.6 is 0 Å². The zero-order valence-corrected chi connectivity index (χ0v) is 27.5. The number of pyridine rings is 1. The topological polar surface area (TPSA) is 101 Å². The first-order valence-electron chi connectivity index (χ1n) is 17.2. The second kappa shape index (κ2) is 12.4. The number of nitrogens with zero attached hydrogens (tertiary/aromatic N) is 4.